The molecule has 1 saturated heterocycles. The molecule has 1 aliphatic heterocycles. The molecule has 2 N–H and O–H groups in total. The van der Waals surface area contributed by atoms with Gasteiger partial charge in [-0.1, -0.05) is 23.8 Å². The van der Waals surface area contributed by atoms with Crippen molar-refractivity contribution in [1.82, 2.24) is 10.2 Å². The number of hydrogen-bond donors (Lipinski definition) is 2. The topological polar surface area (TPSA) is 95.9 Å². The molecule has 154 valence electrons. The van der Waals surface area contributed by atoms with Crippen LogP contribution in [0.25, 0.3) is 0 Å². The maximum absolute atomic E-state index is 12.9. The van der Waals surface area contributed by atoms with Gasteiger partial charge in [0.1, 0.15) is 0 Å². The summed E-state index contributed by atoms with van der Waals surface area (Å²) in [4.78, 5) is 37.8. The van der Waals surface area contributed by atoms with E-state index in [1.54, 1.807) is 0 Å². The average molecular weight is 390 g/mol. The number of likely N-dealkylation sites (tertiary alicyclic amines) is 1. The molecular weight excluding hydrogens is 360 g/mol. The predicted octanol–water partition coefficient (Wildman–Crippen LogP) is 2.21. The highest BCUT2D eigenvalue weighted by Crippen LogP contribution is 2.25. The number of carbonyl (C=O) groups is 3. The van der Waals surface area contributed by atoms with E-state index in [-0.39, 0.29) is 30.1 Å². The fraction of sp³-hybridized carbons (Fsp3) is 0.571. The number of aryl methyl sites for hydroxylation is 2. The van der Waals surface area contributed by atoms with E-state index in [9.17, 15) is 14.4 Å². The third-order valence-electron chi connectivity index (χ3n) is 5.45. The van der Waals surface area contributed by atoms with E-state index in [2.05, 4.69) is 5.32 Å². The van der Waals surface area contributed by atoms with Gasteiger partial charge in [-0.25, -0.2) is 0 Å². The fourth-order valence-corrected chi connectivity index (χ4v) is 3.79. The number of hydrogen-bond acceptors (Lipinski definition) is 5. The Morgan fingerprint density at radius 2 is 2.04 bits per heavy atom. The van der Waals surface area contributed by atoms with Crippen molar-refractivity contribution >= 4 is 17.8 Å². The lowest BCUT2D eigenvalue weighted by Crippen LogP contribution is -2.54. The standard InChI is InChI=1S/C21H30N2O5/c1-13-5-6-17(14(2)11-13)15(3)20(26)22-18-12-16(21(27)28-4)7-9-23(18)10-8-19(24)25/h5-6,11,15-16,18H,7-10,12H2,1-4H3,(H,22,26)(H,24,25). The Hall–Kier alpha value is -2.41. The molecule has 7 heteroatoms. The number of carboxylic acid groups (broad SMARTS) is 1. The zero-order valence-electron chi connectivity index (χ0n) is 17.0. The van der Waals surface area contributed by atoms with Crippen LogP contribution in [0.4, 0.5) is 0 Å². The van der Waals surface area contributed by atoms with Crippen LogP contribution in [0, 0.1) is 19.8 Å². The number of benzene rings is 1. The summed E-state index contributed by atoms with van der Waals surface area (Å²) in [5.74, 6) is -1.96. The van der Waals surface area contributed by atoms with Gasteiger partial charge in [-0.05, 0) is 44.7 Å². The first-order chi connectivity index (χ1) is 13.2. The molecule has 28 heavy (non-hydrogen) atoms. The zero-order valence-corrected chi connectivity index (χ0v) is 17.0. The minimum atomic E-state index is -0.885. The van der Waals surface area contributed by atoms with Crippen molar-refractivity contribution in [2.75, 3.05) is 20.2 Å². The number of nitrogens with one attached hydrogen (secondary N) is 1. The maximum Gasteiger partial charge on any atom is 0.308 e. The molecule has 1 aromatic carbocycles. The number of ether oxygens (including phenoxy) is 1. The fourth-order valence-electron chi connectivity index (χ4n) is 3.79. The maximum atomic E-state index is 12.9. The molecule has 0 spiro atoms. The number of piperidine rings is 1. The molecule has 1 aromatic rings. The lowest BCUT2D eigenvalue weighted by atomic mass is 9.92. The van der Waals surface area contributed by atoms with Crippen LogP contribution in [-0.2, 0) is 19.1 Å². The summed E-state index contributed by atoms with van der Waals surface area (Å²) in [6, 6.07) is 6.00. The number of carboxylic acids is 1. The summed E-state index contributed by atoms with van der Waals surface area (Å²) >= 11 is 0. The Bertz CT molecular complexity index is 734. The molecule has 0 aromatic heterocycles. The van der Waals surface area contributed by atoms with Crippen LogP contribution in [0.2, 0.25) is 0 Å². The van der Waals surface area contributed by atoms with E-state index in [1.165, 1.54) is 7.11 Å². The summed E-state index contributed by atoms with van der Waals surface area (Å²) in [5.41, 5.74) is 3.16. The second-order valence-electron chi connectivity index (χ2n) is 7.53. The van der Waals surface area contributed by atoms with Crippen molar-refractivity contribution in [2.24, 2.45) is 5.92 Å². The molecule has 1 fully saturated rings. The number of esters is 1. The van der Waals surface area contributed by atoms with Crippen molar-refractivity contribution in [3.63, 3.8) is 0 Å². The number of carbonyl (C=O) groups excluding carboxylic acids is 2. The first-order valence-electron chi connectivity index (χ1n) is 9.64. The molecule has 0 radical (unpaired) electrons. The normalized spacial score (nSPS) is 21.0. The highest BCUT2D eigenvalue weighted by atomic mass is 16.5. The van der Waals surface area contributed by atoms with Gasteiger partial charge in [-0.15, -0.1) is 0 Å². The van der Waals surface area contributed by atoms with E-state index < -0.39 is 12.1 Å². The molecule has 3 atom stereocenters. The minimum Gasteiger partial charge on any atom is -0.481 e. The molecule has 7 nitrogen and oxygen atoms in total. The van der Waals surface area contributed by atoms with E-state index in [0.717, 1.165) is 16.7 Å². The van der Waals surface area contributed by atoms with E-state index in [0.29, 0.717) is 25.9 Å². The molecule has 2 rings (SSSR count). The monoisotopic (exact) mass is 390 g/mol. The smallest absolute Gasteiger partial charge is 0.308 e. The van der Waals surface area contributed by atoms with Gasteiger partial charge in [0, 0.05) is 13.1 Å². The average Bonchev–Trinajstić information content (AvgIpc) is 2.65. The van der Waals surface area contributed by atoms with Gasteiger partial charge < -0.3 is 15.2 Å². The van der Waals surface area contributed by atoms with Crippen molar-refractivity contribution in [3.8, 4) is 0 Å². The van der Waals surface area contributed by atoms with Crippen LogP contribution >= 0.6 is 0 Å². The Morgan fingerprint density at radius 3 is 2.64 bits per heavy atom. The Labute approximate surface area is 166 Å². The molecule has 1 heterocycles. The van der Waals surface area contributed by atoms with Gasteiger partial charge in [0.25, 0.3) is 0 Å². The van der Waals surface area contributed by atoms with Crippen LogP contribution in [0.5, 0.6) is 0 Å². The van der Waals surface area contributed by atoms with Crippen LogP contribution in [-0.4, -0.2) is 54.2 Å². The lowest BCUT2D eigenvalue weighted by Gasteiger charge is -2.39. The van der Waals surface area contributed by atoms with Crippen LogP contribution < -0.4 is 5.32 Å². The van der Waals surface area contributed by atoms with Gasteiger partial charge in [-0.2, -0.15) is 0 Å². The van der Waals surface area contributed by atoms with Gasteiger partial charge >= 0.3 is 11.9 Å². The number of nitrogens with zero attached hydrogens (tertiary/aromatic N) is 1. The third kappa shape index (κ3) is 5.55. The number of methoxy groups -OCH3 is 1. The second kappa shape index (κ2) is 9.68. The largest absolute Gasteiger partial charge is 0.481 e. The Kier molecular flexibility index (Phi) is 7.57. The third-order valence-corrected chi connectivity index (χ3v) is 5.45. The second-order valence-corrected chi connectivity index (χ2v) is 7.53. The minimum absolute atomic E-state index is 0.0120. The van der Waals surface area contributed by atoms with Gasteiger partial charge in [0.2, 0.25) is 5.91 Å². The van der Waals surface area contributed by atoms with Crippen LogP contribution in [0.1, 0.15) is 48.8 Å². The number of aliphatic carboxylic acids is 1. The lowest BCUT2D eigenvalue weighted by molar-refractivity contribution is -0.149. The highest BCUT2D eigenvalue weighted by Gasteiger charge is 2.34. The van der Waals surface area contributed by atoms with Crippen LogP contribution in [0.3, 0.4) is 0 Å². The first kappa shape index (κ1) is 21.9. The summed E-state index contributed by atoms with van der Waals surface area (Å²) in [6.07, 6.45) is 0.600. The quantitative estimate of drug-likeness (QED) is 0.693. The molecular formula is C21H30N2O5. The number of rotatable bonds is 7. The first-order valence-corrected chi connectivity index (χ1v) is 9.64. The van der Waals surface area contributed by atoms with Crippen molar-refractivity contribution in [3.05, 3.63) is 34.9 Å². The molecule has 0 saturated carbocycles. The molecule has 0 bridgehead atoms. The van der Waals surface area contributed by atoms with Crippen LogP contribution in [0.15, 0.2) is 18.2 Å². The van der Waals surface area contributed by atoms with Crippen molar-refractivity contribution in [2.45, 2.75) is 52.1 Å². The molecule has 3 unspecified atom stereocenters. The predicted molar refractivity (Wildman–Crippen MR) is 105 cm³/mol. The molecule has 0 aliphatic carbocycles. The molecule has 1 aliphatic rings. The highest BCUT2D eigenvalue weighted by molar-refractivity contribution is 5.84. The zero-order chi connectivity index (χ0) is 20.8. The summed E-state index contributed by atoms with van der Waals surface area (Å²) in [6.45, 7) is 6.72. The van der Waals surface area contributed by atoms with Crippen molar-refractivity contribution < 1.29 is 24.2 Å². The van der Waals surface area contributed by atoms with Gasteiger partial charge in [0.15, 0.2) is 0 Å². The van der Waals surface area contributed by atoms with Crippen molar-refractivity contribution in [1.29, 1.82) is 0 Å². The van der Waals surface area contributed by atoms with E-state index >= 15 is 0 Å². The summed E-state index contributed by atoms with van der Waals surface area (Å²) in [7, 11) is 1.36. The SMILES string of the molecule is COC(=O)C1CCN(CCC(=O)O)C(NC(=O)C(C)c2ccc(C)cc2C)C1. The van der Waals surface area contributed by atoms with Gasteiger partial charge in [0.05, 0.1) is 31.5 Å². The molecule has 1 amide bonds. The van der Waals surface area contributed by atoms with E-state index in [4.69, 9.17) is 9.84 Å². The van der Waals surface area contributed by atoms with E-state index in [1.807, 2.05) is 43.9 Å². The number of amides is 1. The summed E-state index contributed by atoms with van der Waals surface area (Å²) in [5, 5.41) is 12.0. The summed E-state index contributed by atoms with van der Waals surface area (Å²) < 4.78 is 4.86. The Balaban J connectivity index is 2.12. The Morgan fingerprint density at radius 1 is 1.32 bits per heavy atom. The van der Waals surface area contributed by atoms with Gasteiger partial charge in [-0.3, -0.25) is 19.3 Å².